The van der Waals surface area contributed by atoms with Gasteiger partial charge in [-0.15, -0.1) is 11.8 Å². The van der Waals surface area contributed by atoms with Crippen LogP contribution in [0.3, 0.4) is 0 Å². The largest absolute Gasteiger partial charge is 0.481 e. The minimum Gasteiger partial charge on any atom is -0.481 e. The van der Waals surface area contributed by atoms with Gasteiger partial charge in [0.05, 0.1) is 5.75 Å². The molecule has 0 aliphatic rings. The maximum Gasteiger partial charge on any atom is 0.412 e. The van der Waals surface area contributed by atoms with E-state index in [0.29, 0.717) is 5.69 Å². The number of anilines is 1. The number of carbonyl (C=O) groups is 2. The maximum absolute atomic E-state index is 11.6. The van der Waals surface area contributed by atoms with E-state index in [4.69, 9.17) is 9.84 Å². The zero-order chi connectivity index (χ0) is 14.5. The highest BCUT2D eigenvalue weighted by molar-refractivity contribution is 8.00. The van der Waals surface area contributed by atoms with Gasteiger partial charge in [0.15, 0.2) is 0 Å². The number of carboxylic acid groups (broad SMARTS) is 1. The molecule has 0 heterocycles. The third-order valence-corrected chi connectivity index (χ3v) is 2.82. The number of aliphatic carboxylic acids is 1. The number of thioether (sulfide) groups is 1. The predicted molar refractivity (Wildman–Crippen MR) is 74.7 cm³/mol. The van der Waals surface area contributed by atoms with E-state index in [1.54, 1.807) is 45.0 Å². The van der Waals surface area contributed by atoms with Gasteiger partial charge in [0, 0.05) is 10.6 Å². The van der Waals surface area contributed by atoms with Crippen LogP contribution in [0.4, 0.5) is 10.5 Å². The van der Waals surface area contributed by atoms with Crippen molar-refractivity contribution in [2.24, 2.45) is 0 Å². The van der Waals surface area contributed by atoms with Crippen LogP contribution in [0, 0.1) is 0 Å². The average molecular weight is 283 g/mol. The number of amides is 1. The van der Waals surface area contributed by atoms with Gasteiger partial charge < -0.3 is 9.84 Å². The highest BCUT2D eigenvalue weighted by Crippen LogP contribution is 2.22. The van der Waals surface area contributed by atoms with Gasteiger partial charge in [-0.3, -0.25) is 10.1 Å². The third kappa shape index (κ3) is 6.71. The third-order valence-electron chi connectivity index (χ3n) is 1.84. The van der Waals surface area contributed by atoms with Crippen LogP contribution in [0.1, 0.15) is 20.8 Å². The van der Waals surface area contributed by atoms with Gasteiger partial charge >= 0.3 is 12.1 Å². The van der Waals surface area contributed by atoms with Crippen LogP contribution in [-0.4, -0.2) is 28.5 Å². The number of ether oxygens (including phenoxy) is 1. The molecular weight excluding hydrogens is 266 g/mol. The van der Waals surface area contributed by atoms with Crippen LogP contribution in [0.25, 0.3) is 0 Å². The molecule has 0 saturated carbocycles. The van der Waals surface area contributed by atoms with Crippen LogP contribution in [-0.2, 0) is 9.53 Å². The van der Waals surface area contributed by atoms with Gasteiger partial charge in [0.2, 0.25) is 0 Å². The van der Waals surface area contributed by atoms with E-state index >= 15 is 0 Å². The Balaban J connectivity index is 2.61. The van der Waals surface area contributed by atoms with Gasteiger partial charge in [-0.25, -0.2) is 4.79 Å². The molecule has 0 unspecified atom stereocenters. The van der Waals surface area contributed by atoms with Crippen molar-refractivity contribution in [3.05, 3.63) is 24.3 Å². The molecule has 1 aromatic carbocycles. The second kappa shape index (κ2) is 6.47. The molecule has 0 aliphatic heterocycles. The summed E-state index contributed by atoms with van der Waals surface area (Å²) in [6, 6.07) is 6.96. The SMILES string of the molecule is CC(C)(C)OC(=O)Nc1cccc(SCC(=O)O)c1. The monoisotopic (exact) mass is 283 g/mol. The molecule has 0 aliphatic carbocycles. The van der Waals surface area contributed by atoms with Crippen molar-refractivity contribution >= 4 is 29.5 Å². The number of hydrogen-bond donors (Lipinski definition) is 2. The van der Waals surface area contributed by atoms with Crippen LogP contribution in [0.5, 0.6) is 0 Å². The van der Waals surface area contributed by atoms with Gasteiger partial charge in [-0.05, 0) is 39.0 Å². The standard InChI is InChI=1S/C13H17NO4S/c1-13(2,3)18-12(17)14-9-5-4-6-10(7-9)19-8-11(15)16/h4-7H,8H2,1-3H3,(H,14,17)(H,15,16). The first-order chi connectivity index (χ1) is 8.76. The van der Waals surface area contributed by atoms with E-state index in [0.717, 1.165) is 4.90 Å². The summed E-state index contributed by atoms with van der Waals surface area (Å²) in [5, 5.41) is 11.2. The summed E-state index contributed by atoms with van der Waals surface area (Å²) < 4.78 is 5.13. The molecule has 0 radical (unpaired) electrons. The zero-order valence-electron chi connectivity index (χ0n) is 11.1. The van der Waals surface area contributed by atoms with E-state index in [1.807, 2.05) is 0 Å². The van der Waals surface area contributed by atoms with E-state index in [9.17, 15) is 9.59 Å². The van der Waals surface area contributed by atoms with Crippen molar-refractivity contribution in [3.63, 3.8) is 0 Å². The Hall–Kier alpha value is -1.69. The molecule has 1 rings (SSSR count). The predicted octanol–water partition coefficient (Wildman–Crippen LogP) is 3.21. The van der Waals surface area contributed by atoms with Crippen molar-refractivity contribution < 1.29 is 19.4 Å². The molecule has 5 nitrogen and oxygen atoms in total. The summed E-state index contributed by atoms with van der Waals surface area (Å²) in [7, 11) is 0. The van der Waals surface area contributed by atoms with Crippen molar-refractivity contribution in [1.82, 2.24) is 0 Å². The smallest absolute Gasteiger partial charge is 0.412 e. The van der Waals surface area contributed by atoms with Gasteiger partial charge in [0.1, 0.15) is 5.60 Å². The Morgan fingerprint density at radius 2 is 2.05 bits per heavy atom. The van der Waals surface area contributed by atoms with Gasteiger partial charge in [0.25, 0.3) is 0 Å². The maximum atomic E-state index is 11.6. The summed E-state index contributed by atoms with van der Waals surface area (Å²) in [5.74, 6) is -0.897. The summed E-state index contributed by atoms with van der Waals surface area (Å²) in [5.41, 5.74) is 0.0179. The molecule has 0 saturated heterocycles. The Morgan fingerprint density at radius 3 is 2.63 bits per heavy atom. The van der Waals surface area contributed by atoms with Crippen LogP contribution < -0.4 is 5.32 Å². The lowest BCUT2D eigenvalue weighted by Crippen LogP contribution is -2.27. The minimum atomic E-state index is -0.879. The highest BCUT2D eigenvalue weighted by atomic mass is 32.2. The fourth-order valence-corrected chi connectivity index (χ4v) is 1.91. The van der Waals surface area contributed by atoms with E-state index < -0.39 is 17.7 Å². The van der Waals surface area contributed by atoms with Crippen molar-refractivity contribution in [3.8, 4) is 0 Å². The Kier molecular flexibility index (Phi) is 5.23. The number of carbonyl (C=O) groups excluding carboxylic acids is 1. The molecule has 0 bridgehead atoms. The molecule has 0 spiro atoms. The summed E-state index contributed by atoms with van der Waals surface area (Å²) in [6.45, 7) is 5.35. The van der Waals surface area contributed by atoms with Crippen LogP contribution in [0.2, 0.25) is 0 Å². The number of benzene rings is 1. The molecule has 2 N–H and O–H groups in total. The second-order valence-electron chi connectivity index (χ2n) is 4.84. The van der Waals surface area contributed by atoms with E-state index in [-0.39, 0.29) is 5.75 Å². The number of rotatable bonds is 4. The first-order valence-corrected chi connectivity index (χ1v) is 6.69. The summed E-state index contributed by atoms with van der Waals surface area (Å²) in [4.78, 5) is 22.8. The number of carboxylic acids is 1. The lowest BCUT2D eigenvalue weighted by atomic mass is 10.2. The molecule has 6 heteroatoms. The van der Waals surface area contributed by atoms with E-state index in [2.05, 4.69) is 5.32 Å². The zero-order valence-corrected chi connectivity index (χ0v) is 11.9. The Labute approximate surface area is 116 Å². The first-order valence-electron chi connectivity index (χ1n) is 5.71. The van der Waals surface area contributed by atoms with Crippen molar-refractivity contribution in [2.45, 2.75) is 31.3 Å². The van der Waals surface area contributed by atoms with Crippen molar-refractivity contribution in [2.75, 3.05) is 11.1 Å². The molecule has 19 heavy (non-hydrogen) atoms. The Bertz CT molecular complexity index is 468. The lowest BCUT2D eigenvalue weighted by molar-refractivity contribution is -0.133. The topological polar surface area (TPSA) is 75.6 Å². The average Bonchev–Trinajstić information content (AvgIpc) is 2.24. The molecule has 1 amide bonds. The lowest BCUT2D eigenvalue weighted by Gasteiger charge is -2.19. The van der Waals surface area contributed by atoms with Gasteiger partial charge in [-0.1, -0.05) is 6.07 Å². The van der Waals surface area contributed by atoms with Gasteiger partial charge in [-0.2, -0.15) is 0 Å². The highest BCUT2D eigenvalue weighted by Gasteiger charge is 2.16. The molecular formula is C13H17NO4S. The fraction of sp³-hybridized carbons (Fsp3) is 0.385. The number of nitrogens with one attached hydrogen (secondary N) is 1. The minimum absolute atomic E-state index is 0.0180. The summed E-state index contributed by atoms with van der Waals surface area (Å²) in [6.07, 6.45) is -0.534. The molecule has 1 aromatic rings. The normalized spacial score (nSPS) is 10.9. The van der Waals surface area contributed by atoms with Crippen LogP contribution >= 0.6 is 11.8 Å². The van der Waals surface area contributed by atoms with Crippen LogP contribution in [0.15, 0.2) is 29.2 Å². The van der Waals surface area contributed by atoms with Crippen molar-refractivity contribution in [1.29, 1.82) is 0 Å². The second-order valence-corrected chi connectivity index (χ2v) is 5.89. The molecule has 104 valence electrons. The number of hydrogen-bond acceptors (Lipinski definition) is 4. The first kappa shape index (κ1) is 15.4. The molecule has 0 fully saturated rings. The van der Waals surface area contributed by atoms with E-state index in [1.165, 1.54) is 11.8 Å². The fourth-order valence-electron chi connectivity index (χ4n) is 1.23. The summed E-state index contributed by atoms with van der Waals surface area (Å²) >= 11 is 1.19. The quantitative estimate of drug-likeness (QED) is 0.830. The molecule has 0 atom stereocenters. The molecule has 0 aromatic heterocycles. The Morgan fingerprint density at radius 1 is 1.37 bits per heavy atom.